The molecule has 3 heteroatoms. The van der Waals surface area contributed by atoms with E-state index >= 15 is 0 Å². The van der Waals surface area contributed by atoms with Crippen molar-refractivity contribution in [3.8, 4) is 0 Å². The van der Waals surface area contributed by atoms with Gasteiger partial charge in [0.25, 0.3) is 0 Å². The van der Waals surface area contributed by atoms with E-state index in [1.807, 2.05) is 23.1 Å². The number of hydrogen-bond donors (Lipinski definition) is 1. The van der Waals surface area contributed by atoms with Crippen molar-refractivity contribution in [2.45, 2.75) is 12.8 Å². The van der Waals surface area contributed by atoms with E-state index in [4.69, 9.17) is 0 Å². The summed E-state index contributed by atoms with van der Waals surface area (Å²) < 4.78 is 0. The first kappa shape index (κ1) is 14.2. The maximum atomic E-state index is 12.2. The van der Waals surface area contributed by atoms with E-state index in [2.05, 4.69) is 49.0 Å². The number of para-hydroxylation sites is 1. The normalized spacial score (nSPS) is 18.2. The highest BCUT2D eigenvalue weighted by molar-refractivity contribution is 7.80. The minimum Gasteiger partial charge on any atom is -0.312 e. The van der Waals surface area contributed by atoms with Crippen LogP contribution in [0.15, 0.2) is 54.6 Å². The predicted octanol–water partition coefficient (Wildman–Crippen LogP) is 3.56. The van der Waals surface area contributed by atoms with Crippen LogP contribution in [0, 0.1) is 5.92 Å². The highest BCUT2D eigenvalue weighted by atomic mass is 32.1. The zero-order chi connectivity index (χ0) is 14.7. The predicted molar refractivity (Wildman–Crippen MR) is 90.0 cm³/mol. The standard InChI is InChI=1S/C18H19NOS/c20-18-11-15(13-21)12-19(18)17-9-5-4-8-16(17)10-14-6-2-1-3-7-14/h1-9,15,21H,10-13H2. The van der Waals surface area contributed by atoms with Gasteiger partial charge < -0.3 is 4.90 Å². The SMILES string of the molecule is O=C1CC(CS)CN1c1ccccc1Cc1ccccc1. The first-order valence-corrected chi connectivity index (χ1v) is 7.94. The topological polar surface area (TPSA) is 20.3 Å². The summed E-state index contributed by atoms with van der Waals surface area (Å²) in [5, 5.41) is 0. The number of carbonyl (C=O) groups is 1. The lowest BCUT2D eigenvalue weighted by Crippen LogP contribution is -2.25. The second-order valence-electron chi connectivity index (χ2n) is 5.55. The third-order valence-electron chi connectivity index (χ3n) is 3.98. The molecule has 0 radical (unpaired) electrons. The van der Waals surface area contributed by atoms with Crippen LogP contribution >= 0.6 is 12.6 Å². The molecule has 1 aliphatic rings. The van der Waals surface area contributed by atoms with Crippen molar-refractivity contribution in [3.63, 3.8) is 0 Å². The number of thiol groups is 1. The van der Waals surface area contributed by atoms with Crippen LogP contribution in [0.5, 0.6) is 0 Å². The summed E-state index contributed by atoms with van der Waals surface area (Å²) in [7, 11) is 0. The highest BCUT2D eigenvalue weighted by Gasteiger charge is 2.30. The van der Waals surface area contributed by atoms with E-state index < -0.39 is 0 Å². The number of rotatable bonds is 4. The Morgan fingerprint density at radius 2 is 1.76 bits per heavy atom. The molecule has 21 heavy (non-hydrogen) atoms. The molecular formula is C18H19NOS. The van der Waals surface area contributed by atoms with Gasteiger partial charge in [-0.3, -0.25) is 4.79 Å². The molecule has 0 saturated carbocycles. The molecule has 0 N–H and O–H groups in total. The van der Waals surface area contributed by atoms with Gasteiger partial charge in [-0.2, -0.15) is 12.6 Å². The van der Waals surface area contributed by atoms with Crippen LogP contribution in [-0.4, -0.2) is 18.2 Å². The second-order valence-corrected chi connectivity index (χ2v) is 5.91. The first-order valence-electron chi connectivity index (χ1n) is 7.31. The Bertz CT molecular complexity index is 626. The zero-order valence-corrected chi connectivity index (χ0v) is 12.8. The fourth-order valence-electron chi connectivity index (χ4n) is 2.88. The van der Waals surface area contributed by atoms with Gasteiger partial charge in [0, 0.05) is 18.7 Å². The van der Waals surface area contributed by atoms with Gasteiger partial charge in [-0.05, 0) is 35.3 Å². The summed E-state index contributed by atoms with van der Waals surface area (Å²) in [6.07, 6.45) is 1.47. The molecule has 1 amide bonds. The summed E-state index contributed by atoms with van der Waals surface area (Å²) in [5.41, 5.74) is 3.52. The lowest BCUT2D eigenvalue weighted by Gasteiger charge is -2.20. The summed E-state index contributed by atoms with van der Waals surface area (Å²) >= 11 is 4.34. The molecule has 108 valence electrons. The van der Waals surface area contributed by atoms with E-state index in [-0.39, 0.29) is 5.91 Å². The number of benzene rings is 2. The van der Waals surface area contributed by atoms with Crippen LogP contribution in [0.4, 0.5) is 5.69 Å². The van der Waals surface area contributed by atoms with Crippen molar-refractivity contribution in [3.05, 3.63) is 65.7 Å². The number of hydrogen-bond acceptors (Lipinski definition) is 2. The van der Waals surface area contributed by atoms with Crippen LogP contribution in [-0.2, 0) is 11.2 Å². The number of nitrogens with zero attached hydrogens (tertiary/aromatic N) is 1. The zero-order valence-electron chi connectivity index (χ0n) is 11.9. The molecule has 0 aromatic heterocycles. The Morgan fingerprint density at radius 3 is 2.48 bits per heavy atom. The molecule has 1 fully saturated rings. The molecule has 1 atom stereocenters. The van der Waals surface area contributed by atoms with Gasteiger partial charge >= 0.3 is 0 Å². The molecular weight excluding hydrogens is 278 g/mol. The summed E-state index contributed by atoms with van der Waals surface area (Å²) in [4.78, 5) is 14.2. The molecule has 3 rings (SSSR count). The number of carbonyl (C=O) groups excluding carboxylic acids is 1. The minimum atomic E-state index is 0.217. The van der Waals surface area contributed by atoms with Gasteiger partial charge in [-0.15, -0.1) is 0 Å². The average molecular weight is 297 g/mol. The van der Waals surface area contributed by atoms with Crippen molar-refractivity contribution < 1.29 is 4.79 Å². The van der Waals surface area contributed by atoms with Crippen molar-refractivity contribution in [2.24, 2.45) is 5.92 Å². The van der Waals surface area contributed by atoms with Crippen LogP contribution in [0.2, 0.25) is 0 Å². The fraction of sp³-hybridized carbons (Fsp3) is 0.278. The maximum absolute atomic E-state index is 12.2. The molecule has 1 unspecified atom stereocenters. The lowest BCUT2D eigenvalue weighted by molar-refractivity contribution is -0.117. The molecule has 2 nitrogen and oxygen atoms in total. The van der Waals surface area contributed by atoms with Crippen molar-refractivity contribution in [1.82, 2.24) is 0 Å². The maximum Gasteiger partial charge on any atom is 0.227 e. The fourth-order valence-corrected chi connectivity index (χ4v) is 3.12. The average Bonchev–Trinajstić information content (AvgIpc) is 2.90. The van der Waals surface area contributed by atoms with E-state index in [1.165, 1.54) is 11.1 Å². The van der Waals surface area contributed by atoms with Gasteiger partial charge in [0.1, 0.15) is 0 Å². The smallest absolute Gasteiger partial charge is 0.227 e. The van der Waals surface area contributed by atoms with Gasteiger partial charge in [0.15, 0.2) is 0 Å². The van der Waals surface area contributed by atoms with Crippen LogP contribution in [0.25, 0.3) is 0 Å². The number of anilines is 1. The molecule has 0 spiro atoms. The number of amides is 1. The summed E-state index contributed by atoms with van der Waals surface area (Å²) in [5.74, 6) is 1.35. The third kappa shape index (κ3) is 3.13. The Hall–Kier alpha value is -1.74. The molecule has 1 heterocycles. The molecule has 1 saturated heterocycles. The third-order valence-corrected chi connectivity index (χ3v) is 4.50. The Morgan fingerprint density at radius 1 is 1.05 bits per heavy atom. The van der Waals surface area contributed by atoms with Gasteiger partial charge in [0.05, 0.1) is 0 Å². The molecule has 2 aromatic rings. The Balaban J connectivity index is 1.88. The lowest BCUT2D eigenvalue weighted by atomic mass is 10.0. The first-order chi connectivity index (χ1) is 10.3. The Kier molecular flexibility index (Phi) is 4.30. The Labute approximate surface area is 131 Å². The van der Waals surface area contributed by atoms with Gasteiger partial charge in [-0.25, -0.2) is 0 Å². The molecule has 1 aliphatic heterocycles. The van der Waals surface area contributed by atoms with Crippen LogP contribution in [0.3, 0.4) is 0 Å². The quantitative estimate of drug-likeness (QED) is 0.856. The monoisotopic (exact) mass is 297 g/mol. The highest BCUT2D eigenvalue weighted by Crippen LogP contribution is 2.29. The van der Waals surface area contributed by atoms with Crippen LogP contribution in [0.1, 0.15) is 17.5 Å². The van der Waals surface area contributed by atoms with Gasteiger partial charge in [0.2, 0.25) is 5.91 Å². The van der Waals surface area contributed by atoms with E-state index in [9.17, 15) is 4.79 Å². The minimum absolute atomic E-state index is 0.217. The summed E-state index contributed by atoms with van der Waals surface area (Å²) in [6, 6.07) is 18.6. The summed E-state index contributed by atoms with van der Waals surface area (Å²) in [6.45, 7) is 0.786. The van der Waals surface area contributed by atoms with Crippen molar-refractivity contribution >= 4 is 24.2 Å². The van der Waals surface area contributed by atoms with E-state index in [1.54, 1.807) is 0 Å². The second kappa shape index (κ2) is 6.35. The molecule has 2 aromatic carbocycles. The van der Waals surface area contributed by atoms with Crippen molar-refractivity contribution in [1.29, 1.82) is 0 Å². The van der Waals surface area contributed by atoms with E-state index in [0.717, 1.165) is 24.4 Å². The van der Waals surface area contributed by atoms with Crippen LogP contribution < -0.4 is 4.90 Å². The molecule has 0 bridgehead atoms. The molecule has 0 aliphatic carbocycles. The van der Waals surface area contributed by atoms with Gasteiger partial charge in [-0.1, -0.05) is 48.5 Å². The largest absolute Gasteiger partial charge is 0.312 e. The van der Waals surface area contributed by atoms with Crippen molar-refractivity contribution in [2.75, 3.05) is 17.2 Å². The van der Waals surface area contributed by atoms with E-state index in [0.29, 0.717) is 12.3 Å².